The van der Waals surface area contributed by atoms with E-state index in [9.17, 15) is 9.59 Å². The number of ether oxygens (including phenoxy) is 1. The van der Waals surface area contributed by atoms with Gasteiger partial charge >= 0.3 is 0 Å². The molecule has 0 amide bonds. The molecule has 0 saturated carbocycles. The Labute approximate surface area is 163 Å². The minimum Gasteiger partial charge on any atom is -0.364 e. The van der Waals surface area contributed by atoms with Gasteiger partial charge in [0.15, 0.2) is 11.9 Å². The Morgan fingerprint density at radius 1 is 1.43 bits per heavy atom. The molecular formula is C20H15ClN4O3. The molecule has 4 heterocycles. The molecule has 7 nitrogen and oxygen atoms in total. The largest absolute Gasteiger partial charge is 0.364 e. The van der Waals surface area contributed by atoms with Gasteiger partial charge in [-0.2, -0.15) is 0 Å². The standard InChI is InChI=1S/C20H15ClN4O3/c1-10-2-4-14(27)17-18(10)25-19(24-17)12(9-26)16-20(25)23-11(8-22-16)3-5-15-13(21)6-7-28-15/h2,4,8-9,13,15,22-23H,6-7H2,1H3. The van der Waals surface area contributed by atoms with Gasteiger partial charge in [0.1, 0.15) is 23.0 Å². The van der Waals surface area contributed by atoms with Gasteiger partial charge in [-0.3, -0.25) is 14.0 Å². The van der Waals surface area contributed by atoms with Crippen molar-refractivity contribution in [3.8, 4) is 11.8 Å². The van der Waals surface area contributed by atoms with Crippen molar-refractivity contribution in [1.29, 1.82) is 0 Å². The van der Waals surface area contributed by atoms with Crippen LogP contribution < -0.4 is 5.43 Å². The van der Waals surface area contributed by atoms with Crippen LogP contribution >= 0.6 is 11.6 Å². The van der Waals surface area contributed by atoms with Crippen LogP contribution in [-0.4, -0.2) is 43.7 Å². The van der Waals surface area contributed by atoms with Gasteiger partial charge in [-0.25, -0.2) is 4.98 Å². The summed E-state index contributed by atoms with van der Waals surface area (Å²) in [5.74, 6) is 6.07. The average Bonchev–Trinajstić information content (AvgIpc) is 3.36. The van der Waals surface area contributed by atoms with Crippen LogP contribution in [0.4, 0.5) is 0 Å². The summed E-state index contributed by atoms with van der Waals surface area (Å²) in [4.78, 5) is 34.8. The maximum Gasteiger partial charge on any atom is 0.206 e. The SMILES string of the molecule is Cc1ccc(=O)c2nc3c(C=O)c4[nH]cc(C#CC5OCCC5Cl)[nH]c4n3c12. The van der Waals surface area contributed by atoms with Crippen LogP contribution in [0.15, 0.2) is 23.1 Å². The molecule has 2 unspecified atom stereocenters. The van der Waals surface area contributed by atoms with Crippen molar-refractivity contribution in [3.63, 3.8) is 0 Å². The lowest BCUT2D eigenvalue weighted by atomic mass is 10.2. The highest BCUT2D eigenvalue weighted by atomic mass is 35.5. The maximum atomic E-state index is 12.3. The zero-order chi connectivity index (χ0) is 19.4. The topological polar surface area (TPSA) is 92.2 Å². The van der Waals surface area contributed by atoms with Crippen molar-refractivity contribution in [2.24, 2.45) is 0 Å². The van der Waals surface area contributed by atoms with E-state index in [4.69, 9.17) is 16.3 Å². The molecule has 1 fully saturated rings. The Kier molecular flexibility index (Phi) is 3.79. The Hall–Kier alpha value is -3.08. The summed E-state index contributed by atoms with van der Waals surface area (Å²) in [6, 6.07) is 3.24. The van der Waals surface area contributed by atoms with Crippen molar-refractivity contribution in [2.75, 3.05) is 6.61 Å². The molecule has 28 heavy (non-hydrogen) atoms. The Bertz CT molecular complexity index is 1390. The van der Waals surface area contributed by atoms with Crippen molar-refractivity contribution in [1.82, 2.24) is 19.4 Å². The van der Waals surface area contributed by atoms with Crippen LogP contribution in [-0.2, 0) is 4.74 Å². The van der Waals surface area contributed by atoms with Gasteiger partial charge in [0.2, 0.25) is 5.43 Å². The third-order valence-electron chi connectivity index (χ3n) is 5.04. The zero-order valence-corrected chi connectivity index (χ0v) is 15.6. The Morgan fingerprint density at radius 2 is 2.29 bits per heavy atom. The summed E-state index contributed by atoms with van der Waals surface area (Å²) < 4.78 is 7.31. The van der Waals surface area contributed by atoms with Gasteiger partial charge in [-0.05, 0) is 30.9 Å². The van der Waals surface area contributed by atoms with Gasteiger partial charge in [0.05, 0.1) is 22.0 Å². The molecule has 5 rings (SSSR count). The number of fused-ring (bicyclic) bond motifs is 5. The van der Waals surface area contributed by atoms with Crippen LogP contribution in [0.5, 0.6) is 0 Å². The third-order valence-corrected chi connectivity index (χ3v) is 5.49. The number of H-pyrrole nitrogens is 2. The first-order valence-corrected chi connectivity index (χ1v) is 9.29. The molecule has 0 aliphatic carbocycles. The van der Waals surface area contributed by atoms with Crippen LogP contribution in [0, 0.1) is 18.8 Å². The fourth-order valence-electron chi connectivity index (χ4n) is 3.66. The minimum atomic E-state index is -0.310. The summed E-state index contributed by atoms with van der Waals surface area (Å²) in [6.07, 6.45) is 2.90. The smallest absolute Gasteiger partial charge is 0.206 e. The summed E-state index contributed by atoms with van der Waals surface area (Å²) in [6.45, 7) is 2.51. The number of benzene rings is 1. The van der Waals surface area contributed by atoms with Crippen LogP contribution in [0.2, 0.25) is 0 Å². The van der Waals surface area contributed by atoms with Gasteiger partial charge in [0.25, 0.3) is 0 Å². The van der Waals surface area contributed by atoms with E-state index < -0.39 is 0 Å². The number of aromatic nitrogens is 4. The van der Waals surface area contributed by atoms with Gasteiger partial charge in [-0.1, -0.05) is 12.0 Å². The van der Waals surface area contributed by atoms with E-state index in [-0.39, 0.29) is 16.9 Å². The molecule has 1 aliphatic heterocycles. The normalized spacial score (nSPS) is 19.4. The Morgan fingerprint density at radius 3 is 3.04 bits per heavy atom. The van der Waals surface area contributed by atoms with Crippen molar-refractivity contribution >= 4 is 45.7 Å². The molecule has 3 aromatic heterocycles. The number of aryl methyl sites for hydroxylation is 1. The number of aldehydes is 1. The van der Waals surface area contributed by atoms with Crippen LogP contribution in [0.1, 0.15) is 28.0 Å². The second-order valence-corrected chi connectivity index (χ2v) is 7.36. The fraction of sp³-hybridized carbons (Fsp3) is 0.250. The van der Waals surface area contributed by atoms with E-state index in [2.05, 4.69) is 26.8 Å². The second kappa shape index (κ2) is 6.23. The number of rotatable bonds is 1. The van der Waals surface area contributed by atoms with E-state index in [1.807, 2.05) is 6.92 Å². The van der Waals surface area contributed by atoms with Gasteiger partial charge in [0, 0.05) is 12.8 Å². The first-order valence-electron chi connectivity index (χ1n) is 8.86. The average molecular weight is 395 g/mol. The number of carbonyl (C=O) groups excluding carboxylic acids is 1. The molecule has 4 aromatic rings. The van der Waals surface area contributed by atoms with Crippen molar-refractivity contribution < 1.29 is 9.53 Å². The number of hydrogen-bond donors (Lipinski definition) is 2. The third kappa shape index (κ3) is 2.39. The highest BCUT2D eigenvalue weighted by Gasteiger charge is 2.24. The molecule has 0 bridgehead atoms. The predicted octanol–water partition coefficient (Wildman–Crippen LogP) is 2.53. The first kappa shape index (κ1) is 17.0. The molecule has 8 heteroatoms. The fourth-order valence-corrected chi connectivity index (χ4v) is 3.88. The van der Waals surface area contributed by atoms with Crippen molar-refractivity contribution in [3.05, 3.63) is 45.4 Å². The van der Waals surface area contributed by atoms with Crippen molar-refractivity contribution in [2.45, 2.75) is 24.8 Å². The second-order valence-electron chi connectivity index (χ2n) is 6.80. The van der Waals surface area contributed by atoms with E-state index in [1.54, 1.807) is 16.7 Å². The molecule has 1 saturated heterocycles. The monoisotopic (exact) mass is 394 g/mol. The van der Waals surface area contributed by atoms with Crippen LogP contribution in [0.3, 0.4) is 0 Å². The van der Waals surface area contributed by atoms with Gasteiger partial charge < -0.3 is 14.7 Å². The summed E-state index contributed by atoms with van der Waals surface area (Å²) in [5.41, 5.74) is 4.38. The summed E-state index contributed by atoms with van der Waals surface area (Å²) in [5, 5.41) is -0.122. The number of hydrogen-bond acceptors (Lipinski definition) is 4. The number of imidazole rings is 1. The van der Waals surface area contributed by atoms with E-state index >= 15 is 0 Å². The van der Waals surface area contributed by atoms with E-state index in [0.717, 1.165) is 18.3 Å². The lowest BCUT2D eigenvalue weighted by Crippen LogP contribution is -2.12. The highest BCUT2D eigenvalue weighted by molar-refractivity contribution is 6.21. The zero-order valence-electron chi connectivity index (χ0n) is 14.9. The number of nitrogens with one attached hydrogen (secondary N) is 2. The van der Waals surface area contributed by atoms with Crippen LogP contribution in [0.25, 0.3) is 27.8 Å². The van der Waals surface area contributed by atoms with Gasteiger partial charge in [-0.15, -0.1) is 11.6 Å². The molecule has 2 atom stereocenters. The highest BCUT2D eigenvalue weighted by Crippen LogP contribution is 2.27. The number of halogens is 1. The van der Waals surface area contributed by atoms with E-state index in [0.29, 0.717) is 45.7 Å². The molecule has 2 N–H and O–H groups in total. The lowest BCUT2D eigenvalue weighted by Gasteiger charge is -2.04. The molecule has 0 radical (unpaired) electrons. The minimum absolute atomic E-state index is 0.122. The summed E-state index contributed by atoms with van der Waals surface area (Å²) in [7, 11) is 0. The maximum absolute atomic E-state index is 12.3. The molecular weight excluding hydrogens is 380 g/mol. The molecule has 1 aliphatic rings. The molecule has 140 valence electrons. The number of carbonyl (C=O) groups is 1. The molecule has 1 aromatic carbocycles. The lowest BCUT2D eigenvalue weighted by molar-refractivity contribution is 0.112. The predicted molar refractivity (Wildman–Crippen MR) is 106 cm³/mol. The Balaban J connectivity index is 1.79. The summed E-state index contributed by atoms with van der Waals surface area (Å²) >= 11 is 6.20. The first-order chi connectivity index (χ1) is 13.6. The number of alkyl halides is 1. The number of nitrogens with zero attached hydrogens (tertiary/aromatic N) is 2. The van der Waals surface area contributed by atoms with E-state index in [1.165, 1.54) is 6.07 Å². The molecule has 0 spiro atoms. The number of aromatic amines is 2. The quantitative estimate of drug-likeness (QED) is 0.295.